The highest BCUT2D eigenvalue weighted by Crippen LogP contribution is 2.39. The fourth-order valence-electron chi connectivity index (χ4n) is 2.69. The van der Waals surface area contributed by atoms with E-state index in [1.165, 1.54) is 12.1 Å². The van der Waals surface area contributed by atoms with E-state index in [9.17, 15) is 9.18 Å². The Morgan fingerprint density at radius 1 is 1.29 bits per heavy atom. The lowest BCUT2D eigenvalue weighted by atomic mass is 10.1. The summed E-state index contributed by atoms with van der Waals surface area (Å²) in [5.74, 6) is 1.19. The van der Waals surface area contributed by atoms with E-state index >= 15 is 0 Å². The number of hydrogen-bond donors (Lipinski definition) is 0. The Kier molecular flexibility index (Phi) is 2.77. The molecule has 2 fully saturated rings. The van der Waals surface area contributed by atoms with Crippen molar-refractivity contribution < 1.29 is 13.7 Å². The normalized spacial score (nSPS) is 22.0. The fraction of sp³-hybridized carbons (Fsp3) is 0.400. The van der Waals surface area contributed by atoms with Crippen LogP contribution in [0.2, 0.25) is 0 Å². The molecule has 1 amide bonds. The lowest BCUT2D eigenvalue weighted by Crippen LogP contribution is -2.24. The number of hydrogen-bond acceptors (Lipinski definition) is 4. The molecule has 1 aliphatic carbocycles. The molecule has 1 atom stereocenters. The van der Waals surface area contributed by atoms with Crippen LogP contribution in [0.5, 0.6) is 0 Å². The zero-order valence-corrected chi connectivity index (χ0v) is 11.3. The number of nitrogens with zero attached hydrogens (tertiary/aromatic N) is 3. The maximum Gasteiger partial charge on any atom is 0.232 e. The summed E-state index contributed by atoms with van der Waals surface area (Å²) in [6.07, 6.45) is 2.54. The first-order valence-corrected chi connectivity index (χ1v) is 7.10. The molecule has 1 unspecified atom stereocenters. The lowest BCUT2D eigenvalue weighted by Gasteiger charge is -2.15. The average Bonchev–Trinajstić information content (AvgIpc) is 3.07. The number of benzene rings is 1. The van der Waals surface area contributed by atoms with Gasteiger partial charge in [-0.15, -0.1) is 0 Å². The third kappa shape index (κ3) is 2.30. The first kappa shape index (κ1) is 12.5. The Balaban J connectivity index is 1.55. The van der Waals surface area contributed by atoms with Gasteiger partial charge in [-0.3, -0.25) is 4.79 Å². The van der Waals surface area contributed by atoms with E-state index in [2.05, 4.69) is 10.1 Å². The van der Waals surface area contributed by atoms with E-state index in [0.29, 0.717) is 30.5 Å². The zero-order chi connectivity index (χ0) is 14.4. The molecule has 2 heterocycles. The maximum atomic E-state index is 13.3. The van der Waals surface area contributed by atoms with Crippen LogP contribution >= 0.6 is 0 Å². The molecular weight excluding hydrogens is 273 g/mol. The number of aromatic nitrogens is 2. The van der Waals surface area contributed by atoms with Crippen molar-refractivity contribution in [2.24, 2.45) is 0 Å². The van der Waals surface area contributed by atoms with Gasteiger partial charge in [0.25, 0.3) is 0 Å². The molecule has 2 aliphatic rings. The third-order valence-corrected chi connectivity index (χ3v) is 3.99. The molecule has 0 bridgehead atoms. The highest BCUT2D eigenvalue weighted by molar-refractivity contribution is 5.96. The summed E-state index contributed by atoms with van der Waals surface area (Å²) in [4.78, 5) is 18.1. The van der Waals surface area contributed by atoms with Crippen LogP contribution in [0.15, 0.2) is 28.8 Å². The monoisotopic (exact) mass is 287 g/mol. The molecule has 21 heavy (non-hydrogen) atoms. The molecule has 108 valence electrons. The smallest absolute Gasteiger partial charge is 0.232 e. The van der Waals surface area contributed by atoms with E-state index in [1.807, 2.05) is 0 Å². The Bertz CT molecular complexity index is 696. The summed E-state index contributed by atoms with van der Waals surface area (Å²) < 4.78 is 18.6. The summed E-state index contributed by atoms with van der Waals surface area (Å²) in [5.41, 5.74) is 0.574. The zero-order valence-electron chi connectivity index (χ0n) is 11.3. The predicted octanol–water partition coefficient (Wildman–Crippen LogP) is 2.61. The molecule has 1 saturated carbocycles. The van der Waals surface area contributed by atoms with Gasteiger partial charge in [0, 0.05) is 24.6 Å². The highest BCUT2D eigenvalue weighted by atomic mass is 19.1. The number of rotatable bonds is 3. The molecule has 5 nitrogen and oxygen atoms in total. The number of halogens is 1. The Hall–Kier alpha value is -2.24. The van der Waals surface area contributed by atoms with Crippen LogP contribution in [0, 0.1) is 5.82 Å². The molecule has 2 aromatic rings. The molecule has 0 N–H and O–H groups in total. The second-order valence-corrected chi connectivity index (χ2v) is 5.65. The van der Waals surface area contributed by atoms with Gasteiger partial charge in [-0.25, -0.2) is 4.39 Å². The third-order valence-electron chi connectivity index (χ3n) is 3.99. The van der Waals surface area contributed by atoms with E-state index < -0.39 is 0 Å². The quantitative estimate of drug-likeness (QED) is 0.870. The van der Waals surface area contributed by atoms with Gasteiger partial charge in [-0.1, -0.05) is 11.2 Å². The average molecular weight is 287 g/mol. The van der Waals surface area contributed by atoms with Crippen LogP contribution in [0.1, 0.15) is 42.8 Å². The Morgan fingerprint density at radius 3 is 2.90 bits per heavy atom. The highest BCUT2D eigenvalue weighted by Gasteiger charge is 2.36. The van der Waals surface area contributed by atoms with Crippen LogP contribution in [-0.4, -0.2) is 22.6 Å². The minimum atomic E-state index is -0.349. The van der Waals surface area contributed by atoms with Crippen molar-refractivity contribution in [3.8, 4) is 0 Å². The summed E-state index contributed by atoms with van der Waals surface area (Å²) in [5, 5.41) is 3.98. The van der Waals surface area contributed by atoms with Crippen molar-refractivity contribution in [2.75, 3.05) is 11.4 Å². The predicted molar refractivity (Wildman–Crippen MR) is 72.4 cm³/mol. The largest absolute Gasteiger partial charge is 0.339 e. The van der Waals surface area contributed by atoms with Gasteiger partial charge in [0.1, 0.15) is 5.82 Å². The summed E-state index contributed by atoms with van der Waals surface area (Å²) in [7, 11) is 0. The van der Waals surface area contributed by atoms with Crippen LogP contribution < -0.4 is 4.90 Å². The number of anilines is 1. The van der Waals surface area contributed by atoms with Gasteiger partial charge < -0.3 is 9.42 Å². The Morgan fingerprint density at radius 2 is 2.14 bits per heavy atom. The minimum absolute atomic E-state index is 0.0447. The van der Waals surface area contributed by atoms with Gasteiger partial charge in [0.05, 0.1) is 5.92 Å². The number of amides is 1. The number of carbonyl (C=O) groups is 1. The minimum Gasteiger partial charge on any atom is -0.339 e. The topological polar surface area (TPSA) is 59.2 Å². The summed E-state index contributed by atoms with van der Waals surface area (Å²) >= 11 is 0. The second kappa shape index (κ2) is 4.65. The Labute approximate surface area is 120 Å². The molecular formula is C15H14FN3O2. The van der Waals surface area contributed by atoms with E-state index in [1.54, 1.807) is 17.0 Å². The van der Waals surface area contributed by atoms with E-state index in [-0.39, 0.29) is 17.6 Å². The van der Waals surface area contributed by atoms with Crippen molar-refractivity contribution >= 4 is 11.6 Å². The molecule has 0 radical (unpaired) electrons. The van der Waals surface area contributed by atoms with Crippen molar-refractivity contribution in [3.63, 3.8) is 0 Å². The van der Waals surface area contributed by atoms with Crippen molar-refractivity contribution in [3.05, 3.63) is 41.8 Å². The first-order valence-electron chi connectivity index (χ1n) is 7.10. The summed E-state index contributed by atoms with van der Waals surface area (Å²) in [6, 6.07) is 6.06. The molecule has 6 heteroatoms. The molecule has 0 spiro atoms. The van der Waals surface area contributed by atoms with Crippen molar-refractivity contribution in [1.29, 1.82) is 0 Å². The van der Waals surface area contributed by atoms with Gasteiger partial charge in [0.2, 0.25) is 11.8 Å². The standard InChI is InChI=1S/C15H14FN3O2/c16-11-2-1-3-12(7-11)19-8-10(6-13(19)20)15-17-14(18-21-15)9-4-5-9/h1-3,7,9-10H,4-6,8H2. The molecule has 1 aliphatic heterocycles. The van der Waals surface area contributed by atoms with Gasteiger partial charge >= 0.3 is 0 Å². The number of carbonyl (C=O) groups excluding carboxylic acids is 1. The SMILES string of the molecule is O=C1CC(c2nc(C3CC3)no2)CN1c1cccc(F)c1. The first-order chi connectivity index (χ1) is 10.2. The van der Waals surface area contributed by atoms with Gasteiger partial charge in [-0.2, -0.15) is 4.98 Å². The second-order valence-electron chi connectivity index (χ2n) is 5.65. The van der Waals surface area contributed by atoms with E-state index in [4.69, 9.17) is 4.52 Å². The van der Waals surface area contributed by atoms with Crippen molar-refractivity contribution in [1.82, 2.24) is 10.1 Å². The van der Waals surface area contributed by atoms with Gasteiger partial charge in [-0.05, 0) is 31.0 Å². The van der Waals surface area contributed by atoms with Crippen molar-refractivity contribution in [2.45, 2.75) is 31.1 Å². The molecule has 1 saturated heterocycles. The van der Waals surface area contributed by atoms with E-state index in [0.717, 1.165) is 18.7 Å². The molecule has 4 rings (SSSR count). The molecule has 1 aromatic heterocycles. The maximum absolute atomic E-state index is 13.3. The van der Waals surface area contributed by atoms with Crippen LogP contribution in [0.3, 0.4) is 0 Å². The fourth-order valence-corrected chi connectivity index (χ4v) is 2.69. The lowest BCUT2D eigenvalue weighted by molar-refractivity contribution is -0.117. The molecule has 1 aromatic carbocycles. The summed E-state index contributed by atoms with van der Waals surface area (Å²) in [6.45, 7) is 0.453. The van der Waals surface area contributed by atoms with Crippen LogP contribution in [-0.2, 0) is 4.79 Å². The van der Waals surface area contributed by atoms with Gasteiger partial charge in [0.15, 0.2) is 5.82 Å². The van der Waals surface area contributed by atoms with Crippen LogP contribution in [0.25, 0.3) is 0 Å². The van der Waals surface area contributed by atoms with Crippen LogP contribution in [0.4, 0.5) is 10.1 Å².